The van der Waals surface area contributed by atoms with Crippen molar-refractivity contribution in [3.63, 3.8) is 0 Å². The number of hydrogen-bond acceptors (Lipinski definition) is 12. The second-order valence-corrected chi connectivity index (χ2v) is 10.1. The Balaban J connectivity index is 0.000000240. The molecule has 0 radical (unpaired) electrons. The molecule has 204 valence electrons. The molecule has 35 heavy (non-hydrogen) atoms. The Bertz CT molecular complexity index is 700. The Morgan fingerprint density at radius 1 is 0.686 bits per heavy atom. The van der Waals surface area contributed by atoms with Gasteiger partial charge in [-0.1, -0.05) is 7.43 Å². The summed E-state index contributed by atoms with van der Waals surface area (Å²) < 4.78 is 11.2. The third-order valence-electron chi connectivity index (χ3n) is 7.08. The van der Waals surface area contributed by atoms with E-state index in [2.05, 4.69) is 9.98 Å². The molecule has 4 rings (SSSR count). The van der Waals surface area contributed by atoms with Gasteiger partial charge in [-0.05, 0) is 26.7 Å². The van der Waals surface area contributed by atoms with Crippen LogP contribution in [0.5, 0.6) is 0 Å². The van der Waals surface area contributed by atoms with Gasteiger partial charge in [-0.2, -0.15) is 0 Å². The highest BCUT2D eigenvalue weighted by atomic mass is 16.5. The van der Waals surface area contributed by atoms with E-state index < -0.39 is 48.7 Å². The first-order valence-corrected chi connectivity index (χ1v) is 11.7. The van der Waals surface area contributed by atoms with Crippen LogP contribution in [0.2, 0.25) is 0 Å². The van der Waals surface area contributed by atoms with Gasteiger partial charge in [0.25, 0.3) is 12.0 Å². The van der Waals surface area contributed by atoms with Gasteiger partial charge in [-0.3, -0.25) is 0 Å². The number of rotatable bonds is 2. The number of aliphatic hydroxyl groups excluding tert-OH is 6. The normalized spacial score (nSPS) is 41.3. The van der Waals surface area contributed by atoms with E-state index in [4.69, 9.17) is 9.47 Å². The number of ether oxygens (including phenoxy) is 2. The summed E-state index contributed by atoms with van der Waals surface area (Å²) in [7, 11) is 7.24. The first-order chi connectivity index (χ1) is 15.8. The van der Waals surface area contributed by atoms with Crippen LogP contribution in [0, 0.1) is 11.8 Å². The lowest BCUT2D eigenvalue weighted by Crippen LogP contribution is -2.54. The van der Waals surface area contributed by atoms with Gasteiger partial charge < -0.3 is 49.9 Å². The summed E-state index contributed by atoms with van der Waals surface area (Å²) >= 11 is 0. The van der Waals surface area contributed by atoms with Crippen molar-refractivity contribution in [2.75, 3.05) is 28.2 Å². The van der Waals surface area contributed by atoms with E-state index in [9.17, 15) is 30.6 Å². The van der Waals surface area contributed by atoms with Crippen molar-refractivity contribution < 1.29 is 40.1 Å². The largest absolute Gasteiger partial charge is 0.459 e. The Morgan fingerprint density at radius 2 is 1.00 bits per heavy atom. The van der Waals surface area contributed by atoms with Crippen molar-refractivity contribution in [2.24, 2.45) is 21.8 Å². The molecule has 0 spiro atoms. The zero-order chi connectivity index (χ0) is 25.5. The predicted octanol–water partition coefficient (Wildman–Crippen LogP) is -1.78. The topological polar surface area (TPSA) is 171 Å². The molecule has 0 saturated heterocycles. The molecule has 12 atom stereocenters. The summed E-state index contributed by atoms with van der Waals surface area (Å²) in [4.78, 5) is 12.0. The van der Waals surface area contributed by atoms with E-state index in [-0.39, 0.29) is 31.5 Å². The second kappa shape index (κ2) is 11.6. The summed E-state index contributed by atoms with van der Waals surface area (Å²) in [5, 5.41) is 59.0. The van der Waals surface area contributed by atoms with Gasteiger partial charge in [0.15, 0.2) is 0 Å². The lowest BCUT2D eigenvalue weighted by Gasteiger charge is -2.38. The highest BCUT2D eigenvalue weighted by Gasteiger charge is 2.50. The maximum Gasteiger partial charge on any atom is 0.287 e. The van der Waals surface area contributed by atoms with E-state index in [1.54, 1.807) is 23.6 Å². The molecule has 0 aromatic rings. The molecule has 4 aliphatic rings. The van der Waals surface area contributed by atoms with E-state index in [1.165, 1.54) is 0 Å². The van der Waals surface area contributed by atoms with Crippen molar-refractivity contribution in [1.29, 1.82) is 0 Å². The minimum atomic E-state index is -0.981. The van der Waals surface area contributed by atoms with Crippen molar-refractivity contribution in [3.05, 3.63) is 0 Å². The quantitative estimate of drug-likeness (QED) is 0.253. The maximum atomic E-state index is 10.0. The smallest absolute Gasteiger partial charge is 0.287 e. The number of hydrogen-bond donors (Lipinski definition) is 6. The van der Waals surface area contributed by atoms with Crippen LogP contribution in [-0.2, 0) is 9.47 Å². The predicted molar refractivity (Wildman–Crippen MR) is 130 cm³/mol. The average molecular weight is 505 g/mol. The minimum absolute atomic E-state index is 0. The lowest BCUT2D eigenvalue weighted by atomic mass is 9.77. The first kappa shape index (κ1) is 29.5. The number of amidine groups is 2. The van der Waals surface area contributed by atoms with Crippen molar-refractivity contribution in [1.82, 2.24) is 9.80 Å². The Kier molecular flexibility index (Phi) is 9.76. The van der Waals surface area contributed by atoms with Crippen molar-refractivity contribution in [2.45, 2.75) is 95.0 Å². The van der Waals surface area contributed by atoms with Gasteiger partial charge in [-0.15, -0.1) is 0 Å². The SMILES string of the molecule is C.C[C@@H](O)[C@H]1C[C@@H]2OC(N(C)C)=N[C@@H]2[C@@H](O)[C@@H]1O.C[C@H](O)[C@H]1C[C@@H]2OC(N(C)C)=N[C@@H]2[C@@H](O)[C@@H]1O. The monoisotopic (exact) mass is 504 g/mol. The van der Waals surface area contributed by atoms with Gasteiger partial charge in [0.2, 0.25) is 0 Å². The Morgan fingerprint density at radius 3 is 1.26 bits per heavy atom. The molecule has 2 aliphatic heterocycles. The van der Waals surface area contributed by atoms with Gasteiger partial charge in [0.1, 0.15) is 36.5 Å². The highest BCUT2D eigenvalue weighted by Crippen LogP contribution is 2.36. The van der Waals surface area contributed by atoms with Gasteiger partial charge in [-0.25, -0.2) is 9.98 Å². The number of fused-ring (bicyclic) bond motifs is 2. The molecule has 12 nitrogen and oxygen atoms in total. The molecule has 0 aromatic carbocycles. The molecule has 0 aromatic heterocycles. The number of aliphatic hydroxyl groups is 6. The zero-order valence-electron chi connectivity index (χ0n) is 20.6. The standard InChI is InChI=1S/2C11H20N2O4.CH4/c2*1-5(14)6-4-7-8(10(16)9(6)15)12-11(17-7)13(2)3;/h2*5-10,14-16H,4H2,1-3H3;1H4/t5-,6+,7-,8-,9+,10+;5-,6-,7+,8+,9-,10-;/m01./s1. The molecule has 2 fully saturated rings. The third-order valence-corrected chi connectivity index (χ3v) is 7.08. The fourth-order valence-electron chi connectivity index (χ4n) is 4.99. The van der Waals surface area contributed by atoms with Gasteiger partial charge in [0, 0.05) is 40.0 Å². The highest BCUT2D eigenvalue weighted by molar-refractivity contribution is 5.76. The average Bonchev–Trinajstić information content (AvgIpc) is 3.38. The van der Waals surface area contributed by atoms with Crippen LogP contribution >= 0.6 is 0 Å². The fourth-order valence-corrected chi connectivity index (χ4v) is 4.99. The molecule has 0 amide bonds. The first-order valence-electron chi connectivity index (χ1n) is 11.7. The van der Waals surface area contributed by atoms with Crippen LogP contribution in [0.15, 0.2) is 9.98 Å². The molecule has 2 heterocycles. The van der Waals surface area contributed by atoms with Crippen LogP contribution in [0.4, 0.5) is 0 Å². The summed E-state index contributed by atoms with van der Waals surface area (Å²) in [5.74, 6) is -0.745. The second-order valence-electron chi connectivity index (χ2n) is 10.1. The maximum absolute atomic E-state index is 10.0. The zero-order valence-corrected chi connectivity index (χ0v) is 20.6. The number of aliphatic imine (C=N–C) groups is 2. The van der Waals surface area contributed by atoms with Crippen LogP contribution in [-0.4, -0.2) is 142 Å². The minimum Gasteiger partial charge on any atom is -0.459 e. The van der Waals surface area contributed by atoms with E-state index >= 15 is 0 Å². The van der Waals surface area contributed by atoms with Crippen LogP contribution in [0.1, 0.15) is 34.1 Å². The van der Waals surface area contributed by atoms with Crippen LogP contribution in [0.3, 0.4) is 0 Å². The third kappa shape index (κ3) is 6.00. The molecule has 2 aliphatic carbocycles. The van der Waals surface area contributed by atoms with Gasteiger partial charge >= 0.3 is 0 Å². The summed E-state index contributed by atoms with van der Waals surface area (Å²) in [6.07, 6.45) is -4.73. The van der Waals surface area contributed by atoms with E-state index in [0.29, 0.717) is 24.9 Å². The molecule has 6 N–H and O–H groups in total. The molecule has 2 saturated carbocycles. The summed E-state index contributed by atoms with van der Waals surface area (Å²) in [6, 6.07) is 0.0739. The number of nitrogens with zero attached hydrogens (tertiary/aromatic N) is 4. The molecule has 12 heteroatoms. The lowest BCUT2D eigenvalue weighted by molar-refractivity contribution is -0.111. The fraction of sp³-hybridized carbons (Fsp3) is 0.913. The Hall–Kier alpha value is -1.70. The molecule has 0 bridgehead atoms. The van der Waals surface area contributed by atoms with E-state index in [0.717, 1.165) is 0 Å². The molecule has 0 unspecified atom stereocenters. The van der Waals surface area contributed by atoms with Gasteiger partial charge in [0.05, 0.1) is 24.4 Å². The van der Waals surface area contributed by atoms with Crippen molar-refractivity contribution >= 4 is 12.0 Å². The summed E-state index contributed by atoms with van der Waals surface area (Å²) in [6.45, 7) is 3.23. The van der Waals surface area contributed by atoms with Crippen LogP contribution in [0.25, 0.3) is 0 Å². The molecular weight excluding hydrogens is 460 g/mol. The Labute approximate surface area is 207 Å². The van der Waals surface area contributed by atoms with Crippen molar-refractivity contribution in [3.8, 4) is 0 Å². The molecular formula is C23H44N4O8. The summed E-state index contributed by atoms with van der Waals surface area (Å²) in [5.41, 5.74) is 0. The van der Waals surface area contributed by atoms with Crippen LogP contribution < -0.4 is 0 Å². The van der Waals surface area contributed by atoms with E-state index in [1.807, 2.05) is 28.2 Å².